The molecule has 0 bridgehead atoms. The summed E-state index contributed by atoms with van der Waals surface area (Å²) in [6.07, 6.45) is 39.9. The second-order valence-corrected chi connectivity index (χ2v) is 13.8. The van der Waals surface area contributed by atoms with E-state index in [-0.39, 0.29) is 13.0 Å². The maximum atomic E-state index is 12.5. The summed E-state index contributed by atoms with van der Waals surface area (Å²) in [7, 11) is -4.62. The summed E-state index contributed by atoms with van der Waals surface area (Å²) in [5.41, 5.74) is 5.33. The lowest BCUT2D eigenvalue weighted by molar-refractivity contribution is -0.154. The lowest BCUT2D eigenvalue weighted by Gasteiger charge is -2.20. The molecule has 0 aromatic rings. The van der Waals surface area contributed by atoms with Gasteiger partial charge in [-0.1, -0.05) is 120 Å². The van der Waals surface area contributed by atoms with Crippen molar-refractivity contribution >= 4 is 19.8 Å². The topological polar surface area (TPSA) is 155 Å². The summed E-state index contributed by atoms with van der Waals surface area (Å²) < 4.78 is 33.2. The molecule has 0 amide bonds. The first kappa shape index (κ1) is 47.7. The van der Waals surface area contributed by atoms with Gasteiger partial charge in [0.15, 0.2) is 0 Å². The second-order valence-electron chi connectivity index (χ2n) is 12.3. The number of hydrogen-bond acceptors (Lipinski definition) is 8. The third-order valence-electron chi connectivity index (χ3n) is 7.53. The number of phosphoric acid groups is 1. The highest BCUT2D eigenvalue weighted by Crippen LogP contribution is 2.43. The Kier molecular flexibility index (Phi) is 33.5. The zero-order valence-corrected chi connectivity index (χ0v) is 31.9. The Bertz CT molecular complexity index is 1030. The van der Waals surface area contributed by atoms with Crippen LogP contribution >= 0.6 is 7.82 Å². The summed E-state index contributed by atoms with van der Waals surface area (Å²) in [6, 6.07) is -1.48. The first-order chi connectivity index (χ1) is 24.2. The van der Waals surface area contributed by atoms with Crippen LogP contribution in [0.25, 0.3) is 0 Å². The molecule has 3 atom stereocenters. The number of allylic oxidation sites excluding steroid dienone is 10. The number of carboxylic acids is 1. The quantitative estimate of drug-likeness (QED) is 0.0249. The van der Waals surface area contributed by atoms with Crippen LogP contribution < -0.4 is 5.73 Å². The summed E-state index contributed by atoms with van der Waals surface area (Å²) in [5.74, 6) is -1.82. The van der Waals surface area contributed by atoms with E-state index < -0.39 is 45.1 Å². The largest absolute Gasteiger partial charge is 0.480 e. The van der Waals surface area contributed by atoms with Crippen molar-refractivity contribution < 1.29 is 42.7 Å². The Morgan fingerprint density at radius 2 is 1.16 bits per heavy atom. The lowest BCUT2D eigenvalue weighted by atomic mass is 10.1. The minimum Gasteiger partial charge on any atom is -0.480 e. The molecular weight excluding hydrogens is 657 g/mol. The van der Waals surface area contributed by atoms with Gasteiger partial charge in [0.1, 0.15) is 12.1 Å². The van der Waals surface area contributed by atoms with Crippen molar-refractivity contribution in [3.63, 3.8) is 0 Å². The van der Waals surface area contributed by atoms with Crippen LogP contribution in [0.2, 0.25) is 0 Å². The molecule has 0 aromatic heterocycles. The molecule has 0 aliphatic rings. The van der Waals surface area contributed by atoms with E-state index in [0.29, 0.717) is 13.0 Å². The van der Waals surface area contributed by atoms with E-state index >= 15 is 0 Å². The molecule has 288 valence electrons. The predicted molar refractivity (Wildman–Crippen MR) is 203 cm³/mol. The standard InChI is InChI=1S/C39H68NO9P/c1-3-5-7-9-11-13-15-17-18-20-22-24-26-28-30-32-46-33-36(34-47-50(44,45)48-35-37(40)39(42)43)49-38(41)31-29-27-25-23-21-19-16-14-12-10-8-6-4-2/h6,8-9,11-12,14-15,17,19,21,36-37H,3-5,7,10,13,16,18,20,22-35,40H2,1-2H3,(H,42,43)(H,44,45)/b8-6-,11-9-,14-12-,17-15-,21-19-. The fourth-order valence-electron chi connectivity index (χ4n) is 4.57. The molecule has 50 heavy (non-hydrogen) atoms. The SMILES string of the molecule is CC/C=C\C/C=C\C/C=C\CCCCCC(=O)OC(COCCCCCCCC/C=C\C/C=C\CCCC)COP(=O)(O)OCC(N)C(=O)O. The van der Waals surface area contributed by atoms with Crippen LogP contribution in [0.4, 0.5) is 0 Å². The van der Waals surface area contributed by atoms with Gasteiger partial charge in [0.2, 0.25) is 0 Å². The first-order valence-corrected chi connectivity index (χ1v) is 20.3. The van der Waals surface area contributed by atoms with Crippen LogP contribution in [0, 0.1) is 0 Å². The van der Waals surface area contributed by atoms with E-state index in [4.69, 9.17) is 24.8 Å². The molecule has 0 aliphatic carbocycles. The van der Waals surface area contributed by atoms with Crippen molar-refractivity contribution in [2.45, 2.75) is 148 Å². The third-order valence-corrected chi connectivity index (χ3v) is 8.48. The van der Waals surface area contributed by atoms with E-state index in [2.05, 4.69) is 79.1 Å². The molecule has 4 N–H and O–H groups in total. The van der Waals surface area contributed by atoms with Crippen molar-refractivity contribution in [3.05, 3.63) is 60.8 Å². The molecule has 0 spiro atoms. The number of ether oxygens (including phenoxy) is 2. The zero-order valence-electron chi connectivity index (χ0n) is 31.0. The van der Waals surface area contributed by atoms with Crippen molar-refractivity contribution in [1.82, 2.24) is 0 Å². The average Bonchev–Trinajstić information content (AvgIpc) is 3.09. The maximum absolute atomic E-state index is 12.5. The van der Waals surface area contributed by atoms with Gasteiger partial charge in [-0.25, -0.2) is 4.57 Å². The van der Waals surface area contributed by atoms with Gasteiger partial charge >= 0.3 is 19.8 Å². The minimum atomic E-state index is -4.62. The van der Waals surface area contributed by atoms with Gasteiger partial charge in [-0.2, -0.15) is 0 Å². The second kappa shape index (κ2) is 35.1. The summed E-state index contributed by atoms with van der Waals surface area (Å²) in [4.78, 5) is 33.4. The number of rotatable bonds is 35. The number of carbonyl (C=O) groups is 2. The molecule has 0 heterocycles. The Hall–Kier alpha value is -2.33. The van der Waals surface area contributed by atoms with Crippen LogP contribution in [-0.2, 0) is 32.7 Å². The van der Waals surface area contributed by atoms with Crippen LogP contribution in [-0.4, -0.2) is 60.5 Å². The molecule has 10 nitrogen and oxygen atoms in total. The highest BCUT2D eigenvalue weighted by molar-refractivity contribution is 7.47. The number of esters is 1. The van der Waals surface area contributed by atoms with Crippen molar-refractivity contribution in [3.8, 4) is 0 Å². The molecule has 0 saturated heterocycles. The summed E-state index contributed by atoms with van der Waals surface area (Å²) >= 11 is 0. The predicted octanol–water partition coefficient (Wildman–Crippen LogP) is 9.69. The van der Waals surface area contributed by atoms with Crippen LogP contribution in [0.15, 0.2) is 60.8 Å². The molecule has 11 heteroatoms. The highest BCUT2D eigenvalue weighted by atomic mass is 31.2. The molecule has 0 aromatic carbocycles. The Morgan fingerprint density at radius 1 is 0.660 bits per heavy atom. The van der Waals surface area contributed by atoms with E-state index in [1.54, 1.807) is 0 Å². The Balaban J connectivity index is 4.39. The van der Waals surface area contributed by atoms with Crippen LogP contribution in [0.1, 0.15) is 136 Å². The zero-order chi connectivity index (χ0) is 37.0. The highest BCUT2D eigenvalue weighted by Gasteiger charge is 2.27. The Morgan fingerprint density at radius 3 is 1.74 bits per heavy atom. The summed E-state index contributed by atoms with van der Waals surface area (Å²) in [6.45, 7) is 3.63. The average molecular weight is 726 g/mol. The molecule has 3 unspecified atom stereocenters. The molecule has 0 saturated carbocycles. The van der Waals surface area contributed by atoms with E-state index in [1.165, 1.54) is 38.5 Å². The maximum Gasteiger partial charge on any atom is 0.472 e. The fourth-order valence-corrected chi connectivity index (χ4v) is 5.35. The molecule has 0 fully saturated rings. The number of phosphoric ester groups is 1. The Labute approximate surface area is 302 Å². The number of hydrogen-bond donors (Lipinski definition) is 3. The van der Waals surface area contributed by atoms with Gasteiger partial charge in [0.05, 0.1) is 19.8 Å². The third kappa shape index (κ3) is 34.1. The smallest absolute Gasteiger partial charge is 0.472 e. The van der Waals surface area contributed by atoms with Gasteiger partial charge in [-0.05, 0) is 70.6 Å². The lowest BCUT2D eigenvalue weighted by Crippen LogP contribution is -2.34. The first-order valence-electron chi connectivity index (χ1n) is 18.8. The summed E-state index contributed by atoms with van der Waals surface area (Å²) in [5, 5.41) is 8.86. The van der Waals surface area contributed by atoms with Gasteiger partial charge in [-0.15, -0.1) is 0 Å². The molecule has 0 rings (SSSR count). The van der Waals surface area contributed by atoms with Crippen molar-refractivity contribution in [2.24, 2.45) is 5.73 Å². The van der Waals surface area contributed by atoms with Gasteiger partial charge in [-0.3, -0.25) is 18.6 Å². The normalized spacial score (nSPS) is 14.8. The fraction of sp³-hybridized carbons (Fsp3) is 0.692. The van der Waals surface area contributed by atoms with Crippen LogP contribution in [0.5, 0.6) is 0 Å². The number of unbranched alkanes of at least 4 members (excludes halogenated alkanes) is 11. The van der Waals surface area contributed by atoms with E-state index in [9.17, 15) is 19.0 Å². The molecule has 0 aliphatic heterocycles. The number of carboxylic acid groups (broad SMARTS) is 1. The van der Waals surface area contributed by atoms with Crippen LogP contribution in [0.3, 0.4) is 0 Å². The van der Waals surface area contributed by atoms with Gasteiger partial charge in [0.25, 0.3) is 0 Å². The van der Waals surface area contributed by atoms with Crippen molar-refractivity contribution in [1.29, 1.82) is 0 Å². The number of aliphatic carboxylic acids is 1. The van der Waals surface area contributed by atoms with E-state index in [1.807, 2.05) is 0 Å². The molecule has 0 radical (unpaired) electrons. The van der Waals surface area contributed by atoms with Gasteiger partial charge in [0, 0.05) is 13.0 Å². The van der Waals surface area contributed by atoms with Gasteiger partial charge < -0.3 is 25.2 Å². The number of carbonyl (C=O) groups excluding carboxylic acids is 1. The monoisotopic (exact) mass is 725 g/mol. The molecular formula is C39H68NO9P. The minimum absolute atomic E-state index is 0.00532. The van der Waals surface area contributed by atoms with Crippen molar-refractivity contribution in [2.75, 3.05) is 26.4 Å². The number of nitrogens with two attached hydrogens (primary N) is 1. The van der Waals surface area contributed by atoms with E-state index in [0.717, 1.165) is 70.6 Å².